The first-order valence-electron chi connectivity index (χ1n) is 4.68. The Morgan fingerprint density at radius 3 is 2.50 bits per heavy atom. The maximum absolute atomic E-state index is 5.81. The smallest absolute Gasteiger partial charge is 0.192 e. The zero-order valence-electron chi connectivity index (χ0n) is 8.29. The summed E-state index contributed by atoms with van der Waals surface area (Å²) in [5, 5.41) is 0.725. The molecule has 0 bridgehead atoms. The summed E-state index contributed by atoms with van der Waals surface area (Å²) in [5.41, 5.74) is 1.01. The minimum Gasteiger partial charge on any atom is -0.343 e. The molecule has 1 aliphatic heterocycles. The molecule has 76 valence electrons. The van der Waals surface area contributed by atoms with Gasteiger partial charge in [0.15, 0.2) is 5.79 Å². The number of benzene rings is 1. The second kappa shape index (κ2) is 3.54. The van der Waals surface area contributed by atoms with Crippen LogP contribution in [0.3, 0.4) is 0 Å². The van der Waals surface area contributed by atoms with E-state index in [9.17, 15) is 0 Å². The van der Waals surface area contributed by atoms with Gasteiger partial charge in [0.2, 0.25) is 0 Å². The molecule has 14 heavy (non-hydrogen) atoms. The van der Waals surface area contributed by atoms with Gasteiger partial charge >= 0.3 is 0 Å². The van der Waals surface area contributed by atoms with Crippen molar-refractivity contribution >= 4 is 11.6 Å². The molecule has 1 heterocycles. The van der Waals surface area contributed by atoms with E-state index >= 15 is 0 Å². The lowest BCUT2D eigenvalue weighted by Gasteiger charge is -2.23. The molecule has 0 saturated carbocycles. The Hall–Kier alpha value is -0.570. The standard InChI is InChI=1S/C11H13ClO2/c1-8-7-13-11(2,14-8)9-3-5-10(12)6-4-9/h3-6,8H,7H2,1-2H3. The van der Waals surface area contributed by atoms with Crippen molar-refractivity contribution < 1.29 is 9.47 Å². The second-order valence-electron chi connectivity index (χ2n) is 3.69. The lowest BCUT2D eigenvalue weighted by molar-refractivity contribution is -0.159. The van der Waals surface area contributed by atoms with Gasteiger partial charge in [-0.25, -0.2) is 0 Å². The highest BCUT2D eigenvalue weighted by Gasteiger charge is 2.36. The van der Waals surface area contributed by atoms with Gasteiger partial charge in [0.25, 0.3) is 0 Å². The van der Waals surface area contributed by atoms with Crippen LogP contribution in [-0.2, 0) is 15.3 Å². The van der Waals surface area contributed by atoms with E-state index in [0.717, 1.165) is 10.6 Å². The molecule has 0 aromatic heterocycles. The van der Waals surface area contributed by atoms with Gasteiger partial charge in [-0.15, -0.1) is 0 Å². The van der Waals surface area contributed by atoms with Crippen molar-refractivity contribution in [1.29, 1.82) is 0 Å². The summed E-state index contributed by atoms with van der Waals surface area (Å²) < 4.78 is 11.3. The first kappa shape index (κ1) is 9.97. The molecule has 2 rings (SSSR count). The van der Waals surface area contributed by atoms with Crippen molar-refractivity contribution in [2.24, 2.45) is 0 Å². The third kappa shape index (κ3) is 1.78. The quantitative estimate of drug-likeness (QED) is 0.713. The van der Waals surface area contributed by atoms with E-state index in [2.05, 4.69) is 0 Å². The van der Waals surface area contributed by atoms with Crippen LogP contribution in [0.15, 0.2) is 24.3 Å². The van der Waals surface area contributed by atoms with E-state index in [1.165, 1.54) is 0 Å². The molecule has 2 nitrogen and oxygen atoms in total. The molecule has 0 radical (unpaired) electrons. The van der Waals surface area contributed by atoms with Crippen molar-refractivity contribution in [1.82, 2.24) is 0 Å². The average Bonchev–Trinajstić information content (AvgIpc) is 2.48. The molecule has 1 aromatic rings. The van der Waals surface area contributed by atoms with Crippen LogP contribution < -0.4 is 0 Å². The van der Waals surface area contributed by atoms with Crippen LogP contribution >= 0.6 is 11.6 Å². The van der Waals surface area contributed by atoms with Gasteiger partial charge in [-0.3, -0.25) is 0 Å². The number of halogens is 1. The predicted molar refractivity (Wildman–Crippen MR) is 55.3 cm³/mol. The Kier molecular flexibility index (Phi) is 2.52. The van der Waals surface area contributed by atoms with Crippen LogP contribution in [0, 0.1) is 0 Å². The molecule has 2 unspecified atom stereocenters. The summed E-state index contributed by atoms with van der Waals surface area (Å²) >= 11 is 5.81. The van der Waals surface area contributed by atoms with Crippen LogP contribution in [0.2, 0.25) is 5.02 Å². The number of hydrogen-bond acceptors (Lipinski definition) is 2. The van der Waals surface area contributed by atoms with Gasteiger partial charge in [-0.05, 0) is 26.0 Å². The summed E-state index contributed by atoms with van der Waals surface area (Å²) in [6.07, 6.45) is 0.149. The second-order valence-corrected chi connectivity index (χ2v) is 4.13. The van der Waals surface area contributed by atoms with E-state index in [4.69, 9.17) is 21.1 Å². The van der Waals surface area contributed by atoms with Crippen molar-refractivity contribution in [2.45, 2.75) is 25.7 Å². The summed E-state index contributed by atoms with van der Waals surface area (Å²) in [4.78, 5) is 0. The van der Waals surface area contributed by atoms with Crippen molar-refractivity contribution in [2.75, 3.05) is 6.61 Å². The Morgan fingerprint density at radius 2 is 2.00 bits per heavy atom. The minimum atomic E-state index is -0.607. The zero-order chi connectivity index (χ0) is 10.2. The molecule has 1 aromatic carbocycles. The highest BCUT2D eigenvalue weighted by Crippen LogP contribution is 2.33. The fourth-order valence-corrected chi connectivity index (χ4v) is 1.76. The molecule has 0 spiro atoms. The predicted octanol–water partition coefficient (Wildman–Crippen LogP) is 2.95. The van der Waals surface area contributed by atoms with Crippen LogP contribution in [-0.4, -0.2) is 12.7 Å². The summed E-state index contributed by atoms with van der Waals surface area (Å²) in [6, 6.07) is 7.55. The van der Waals surface area contributed by atoms with E-state index < -0.39 is 5.79 Å². The van der Waals surface area contributed by atoms with Gasteiger partial charge < -0.3 is 9.47 Å². The Balaban J connectivity index is 2.26. The number of ether oxygens (including phenoxy) is 2. The van der Waals surface area contributed by atoms with Crippen molar-refractivity contribution in [3.05, 3.63) is 34.9 Å². The lowest BCUT2D eigenvalue weighted by atomic mass is 10.1. The maximum Gasteiger partial charge on any atom is 0.192 e. The van der Waals surface area contributed by atoms with E-state index in [1.807, 2.05) is 38.1 Å². The van der Waals surface area contributed by atoms with Gasteiger partial charge in [-0.1, -0.05) is 23.7 Å². The lowest BCUT2D eigenvalue weighted by Crippen LogP contribution is -2.23. The van der Waals surface area contributed by atoms with Crippen LogP contribution in [0.4, 0.5) is 0 Å². The molecule has 0 amide bonds. The third-order valence-corrected chi connectivity index (χ3v) is 2.64. The average molecular weight is 213 g/mol. The highest BCUT2D eigenvalue weighted by molar-refractivity contribution is 6.30. The molecule has 3 heteroatoms. The SMILES string of the molecule is CC1COC(C)(c2ccc(Cl)cc2)O1. The van der Waals surface area contributed by atoms with Crippen molar-refractivity contribution in [3.63, 3.8) is 0 Å². The molecule has 2 atom stereocenters. The number of rotatable bonds is 1. The van der Waals surface area contributed by atoms with Gasteiger partial charge in [-0.2, -0.15) is 0 Å². The van der Waals surface area contributed by atoms with E-state index in [-0.39, 0.29) is 6.10 Å². The third-order valence-electron chi connectivity index (χ3n) is 2.39. The fourth-order valence-electron chi connectivity index (χ4n) is 1.63. The topological polar surface area (TPSA) is 18.5 Å². The Morgan fingerprint density at radius 1 is 1.36 bits per heavy atom. The van der Waals surface area contributed by atoms with Crippen LogP contribution in [0.5, 0.6) is 0 Å². The molecule has 0 N–H and O–H groups in total. The molecular weight excluding hydrogens is 200 g/mol. The molecule has 1 aliphatic rings. The van der Waals surface area contributed by atoms with Crippen molar-refractivity contribution in [3.8, 4) is 0 Å². The summed E-state index contributed by atoms with van der Waals surface area (Å²) in [6.45, 7) is 4.57. The van der Waals surface area contributed by atoms with Crippen LogP contribution in [0.25, 0.3) is 0 Å². The zero-order valence-corrected chi connectivity index (χ0v) is 9.04. The summed E-state index contributed by atoms with van der Waals surface area (Å²) in [7, 11) is 0. The molecular formula is C11H13ClO2. The highest BCUT2D eigenvalue weighted by atomic mass is 35.5. The molecule has 1 fully saturated rings. The first-order chi connectivity index (χ1) is 6.60. The fraction of sp³-hybridized carbons (Fsp3) is 0.455. The minimum absolute atomic E-state index is 0.149. The maximum atomic E-state index is 5.81. The van der Waals surface area contributed by atoms with Crippen LogP contribution in [0.1, 0.15) is 19.4 Å². The van der Waals surface area contributed by atoms with Gasteiger partial charge in [0.1, 0.15) is 0 Å². The Labute approximate surface area is 88.8 Å². The summed E-state index contributed by atoms with van der Waals surface area (Å²) in [5.74, 6) is -0.607. The van der Waals surface area contributed by atoms with Gasteiger partial charge in [0, 0.05) is 10.6 Å². The number of hydrogen-bond donors (Lipinski definition) is 0. The normalized spacial score (nSPS) is 32.1. The Bertz CT molecular complexity index is 323. The van der Waals surface area contributed by atoms with E-state index in [1.54, 1.807) is 0 Å². The molecule has 1 saturated heterocycles. The van der Waals surface area contributed by atoms with E-state index in [0.29, 0.717) is 6.61 Å². The largest absolute Gasteiger partial charge is 0.343 e. The van der Waals surface area contributed by atoms with Gasteiger partial charge in [0.05, 0.1) is 12.7 Å². The monoisotopic (exact) mass is 212 g/mol. The molecule has 0 aliphatic carbocycles. The first-order valence-corrected chi connectivity index (χ1v) is 5.06.